The van der Waals surface area contributed by atoms with E-state index in [0.29, 0.717) is 16.9 Å². The third-order valence-electron chi connectivity index (χ3n) is 2.76. The van der Waals surface area contributed by atoms with Crippen LogP contribution in [0, 0.1) is 13.8 Å². The second kappa shape index (κ2) is 7.77. The van der Waals surface area contributed by atoms with Crippen molar-refractivity contribution in [2.24, 2.45) is 0 Å². The Morgan fingerprint density at radius 2 is 1.50 bits per heavy atom. The van der Waals surface area contributed by atoms with Crippen molar-refractivity contribution in [2.45, 2.75) is 13.8 Å². The van der Waals surface area contributed by atoms with Crippen LogP contribution in [0.2, 0.25) is 0 Å². The topological polar surface area (TPSA) is 82.0 Å². The number of phenols is 1. The van der Waals surface area contributed by atoms with Gasteiger partial charge in [0.15, 0.2) is 11.5 Å². The molecule has 112 valence electrons. The van der Waals surface area contributed by atoms with Gasteiger partial charge < -0.3 is 31.5 Å². The summed E-state index contributed by atoms with van der Waals surface area (Å²) in [4.78, 5) is 10.1. The summed E-state index contributed by atoms with van der Waals surface area (Å²) in [6.07, 6.45) is 0. The fourth-order valence-electron chi connectivity index (χ4n) is 1.65. The van der Waals surface area contributed by atoms with Crippen molar-refractivity contribution in [2.75, 3.05) is 0 Å². The van der Waals surface area contributed by atoms with E-state index < -0.39 is 7.15 Å². The predicted octanol–water partition coefficient (Wildman–Crippen LogP) is -0.239. The Balaban J connectivity index is 0.00000242. The standard InChI is InChI=1S/C14H15O5PS.Na/c1-9-7-11(3-5-13(9)15)18-20(17,21)19-12-4-6-14(16)10(2)8-12;/h3-8,15-16H,1-2H3,(H,17,21);/q;+1/p-1. The van der Waals surface area contributed by atoms with Crippen LogP contribution in [0.4, 0.5) is 0 Å². The Bertz CT molecular complexity index is 610. The van der Waals surface area contributed by atoms with Crippen LogP contribution in [0.1, 0.15) is 11.1 Å². The summed E-state index contributed by atoms with van der Waals surface area (Å²) >= 11 is 4.94. The zero-order valence-electron chi connectivity index (χ0n) is 12.4. The van der Waals surface area contributed by atoms with Gasteiger partial charge in [-0.05, 0) is 49.7 Å². The van der Waals surface area contributed by atoms with Crippen LogP contribution in [-0.4, -0.2) is 10.00 Å². The van der Waals surface area contributed by atoms with E-state index in [-0.39, 0.29) is 46.8 Å². The second-order valence-electron chi connectivity index (χ2n) is 4.53. The minimum Gasteiger partial charge on any atom is -0.872 e. The van der Waals surface area contributed by atoms with Crippen LogP contribution in [0.3, 0.4) is 0 Å². The molecular formula is C14H14NaO5PS. The molecule has 1 unspecified atom stereocenters. The van der Waals surface area contributed by atoms with Gasteiger partial charge in [-0.1, -0.05) is 11.6 Å². The van der Waals surface area contributed by atoms with Crippen LogP contribution < -0.4 is 43.7 Å². The number of hydrogen-bond donors (Lipinski definition) is 2. The van der Waals surface area contributed by atoms with Crippen LogP contribution in [-0.2, 0) is 12.2 Å². The number of aryl methyl sites for hydroxylation is 2. The normalized spacial score (nSPS) is 12.9. The molecule has 2 rings (SSSR count). The Labute approximate surface area is 156 Å². The van der Waals surface area contributed by atoms with Gasteiger partial charge in [0.05, 0.1) is 0 Å². The quantitative estimate of drug-likeness (QED) is 0.451. The van der Waals surface area contributed by atoms with E-state index in [9.17, 15) is 15.1 Å². The Kier molecular flexibility index (Phi) is 6.86. The molecule has 1 atom stereocenters. The third-order valence-corrected chi connectivity index (χ3v) is 4.09. The zero-order chi connectivity index (χ0) is 15.6. The van der Waals surface area contributed by atoms with Crippen molar-refractivity contribution in [1.82, 2.24) is 0 Å². The molecule has 0 aliphatic rings. The monoisotopic (exact) mass is 348 g/mol. The van der Waals surface area contributed by atoms with E-state index in [4.69, 9.17) is 21.3 Å². The fourth-order valence-corrected chi connectivity index (χ4v) is 2.96. The van der Waals surface area contributed by atoms with Crippen molar-refractivity contribution < 1.29 is 53.7 Å². The van der Waals surface area contributed by atoms with Gasteiger partial charge in [0, 0.05) is 0 Å². The molecule has 0 amide bonds. The average molecular weight is 348 g/mol. The summed E-state index contributed by atoms with van der Waals surface area (Å²) in [6.45, 7) is 3.33. The van der Waals surface area contributed by atoms with Gasteiger partial charge >= 0.3 is 36.7 Å². The molecule has 2 N–H and O–H groups in total. The molecular weight excluding hydrogens is 334 g/mol. The summed E-state index contributed by atoms with van der Waals surface area (Å²) in [5, 5.41) is 20.7. The molecule has 0 aliphatic heterocycles. The van der Waals surface area contributed by atoms with Crippen LogP contribution >= 0.6 is 7.15 Å². The molecule has 8 heteroatoms. The number of rotatable bonds is 4. The Morgan fingerprint density at radius 1 is 1.00 bits per heavy atom. The first-order valence-corrected chi connectivity index (χ1v) is 8.65. The van der Waals surface area contributed by atoms with Crippen LogP contribution in [0.15, 0.2) is 36.4 Å². The molecule has 0 saturated heterocycles. The Hall–Kier alpha value is -0.620. The number of benzene rings is 2. The van der Waals surface area contributed by atoms with Gasteiger partial charge in [-0.25, -0.2) is 0 Å². The van der Waals surface area contributed by atoms with E-state index in [2.05, 4.69) is 0 Å². The largest absolute Gasteiger partial charge is 1.00 e. The molecule has 0 bridgehead atoms. The van der Waals surface area contributed by atoms with Gasteiger partial charge in [-0.3, -0.25) is 0 Å². The molecule has 22 heavy (non-hydrogen) atoms. The maximum atomic E-state index is 11.3. The number of aromatic hydroxyl groups is 1. The summed E-state index contributed by atoms with van der Waals surface area (Å²) in [6, 6.07) is 8.72. The maximum absolute atomic E-state index is 11.3. The minimum absolute atomic E-state index is 0. The fraction of sp³-hybridized carbons (Fsp3) is 0.143. The molecule has 2 aromatic carbocycles. The van der Waals surface area contributed by atoms with Crippen molar-refractivity contribution in [1.29, 1.82) is 0 Å². The van der Waals surface area contributed by atoms with E-state index in [0.717, 1.165) is 0 Å². The van der Waals surface area contributed by atoms with Gasteiger partial charge in [0.2, 0.25) is 0 Å². The van der Waals surface area contributed by atoms with Crippen molar-refractivity contribution in [3.63, 3.8) is 0 Å². The maximum Gasteiger partial charge on any atom is 1.00 e. The van der Waals surface area contributed by atoms with E-state index in [1.54, 1.807) is 19.9 Å². The molecule has 0 radical (unpaired) electrons. The molecule has 0 saturated carbocycles. The number of hydrogen-bond acceptors (Lipinski definition) is 6. The van der Waals surface area contributed by atoms with Crippen molar-refractivity contribution in [3.8, 4) is 23.0 Å². The minimum atomic E-state index is -3.56. The smallest absolute Gasteiger partial charge is 0.872 e. The van der Waals surface area contributed by atoms with E-state index in [1.165, 1.54) is 30.3 Å². The molecule has 5 nitrogen and oxygen atoms in total. The average Bonchev–Trinajstić information content (AvgIpc) is 2.37. The third kappa shape index (κ3) is 5.23. The first-order chi connectivity index (χ1) is 9.77. The summed E-state index contributed by atoms with van der Waals surface area (Å²) in [5.74, 6) is 0.571. The van der Waals surface area contributed by atoms with Crippen LogP contribution in [0.5, 0.6) is 23.0 Å². The van der Waals surface area contributed by atoms with Crippen molar-refractivity contribution >= 4 is 19.4 Å². The van der Waals surface area contributed by atoms with E-state index >= 15 is 0 Å². The first kappa shape index (κ1) is 19.4. The number of phenolic OH excluding ortho intramolecular Hbond substituents is 1. The van der Waals surface area contributed by atoms with E-state index in [1.807, 2.05) is 0 Å². The van der Waals surface area contributed by atoms with Gasteiger partial charge in [0.25, 0.3) is 0 Å². The molecule has 0 heterocycles. The second-order valence-corrected chi connectivity index (χ2v) is 7.21. The molecule has 0 aliphatic carbocycles. The first-order valence-electron chi connectivity index (χ1n) is 6.06. The van der Waals surface area contributed by atoms with Gasteiger partial charge in [-0.15, -0.1) is 5.75 Å². The molecule has 0 spiro atoms. The summed E-state index contributed by atoms with van der Waals surface area (Å²) in [7, 11) is -3.56. The van der Waals surface area contributed by atoms with Crippen LogP contribution in [0.25, 0.3) is 0 Å². The zero-order valence-corrected chi connectivity index (χ0v) is 16.1. The molecule has 2 aromatic rings. The SMILES string of the molecule is Cc1cc(O[P+](O)([S-])Oc2ccc(O)c(C)c2)ccc1[O-].[Na+]. The molecule has 0 aromatic heterocycles. The van der Waals surface area contributed by atoms with Gasteiger partial charge in [0.1, 0.15) is 5.75 Å². The van der Waals surface area contributed by atoms with Crippen molar-refractivity contribution in [3.05, 3.63) is 47.5 Å². The Morgan fingerprint density at radius 3 is 2.00 bits per heavy atom. The molecule has 0 fully saturated rings. The predicted molar refractivity (Wildman–Crippen MR) is 81.2 cm³/mol. The van der Waals surface area contributed by atoms with Gasteiger partial charge in [-0.2, -0.15) is 4.89 Å². The summed E-state index contributed by atoms with van der Waals surface area (Å²) < 4.78 is 10.6. The summed E-state index contributed by atoms with van der Waals surface area (Å²) in [5.41, 5.74) is 1.08.